The summed E-state index contributed by atoms with van der Waals surface area (Å²) in [6.45, 7) is 3.93. The van der Waals surface area contributed by atoms with Gasteiger partial charge in [0.15, 0.2) is 0 Å². The molecule has 0 aromatic heterocycles. The van der Waals surface area contributed by atoms with Crippen LogP contribution < -0.4 is 0 Å². The Bertz CT molecular complexity index is 443. The molecule has 0 aromatic rings. The highest BCUT2D eigenvalue weighted by Crippen LogP contribution is 2.45. The van der Waals surface area contributed by atoms with Crippen molar-refractivity contribution < 1.29 is 19.4 Å². The summed E-state index contributed by atoms with van der Waals surface area (Å²) >= 11 is 0. The minimum absolute atomic E-state index is 0.0797. The van der Waals surface area contributed by atoms with Gasteiger partial charge in [0, 0.05) is 12.5 Å². The molecule has 1 N–H and O–H groups in total. The van der Waals surface area contributed by atoms with Crippen molar-refractivity contribution in [3.8, 4) is 0 Å². The van der Waals surface area contributed by atoms with Crippen LogP contribution in [-0.2, 0) is 14.3 Å². The second kappa shape index (κ2) is 11.5. The lowest BCUT2D eigenvalue weighted by molar-refractivity contribution is -0.136. The van der Waals surface area contributed by atoms with Crippen LogP contribution in [0.3, 0.4) is 0 Å². The summed E-state index contributed by atoms with van der Waals surface area (Å²) in [7, 11) is 0. The zero-order valence-corrected chi connectivity index (χ0v) is 15.6. The molecule has 2 fully saturated rings. The molecule has 0 amide bonds. The van der Waals surface area contributed by atoms with Crippen LogP contribution in [0.15, 0.2) is 24.3 Å². The van der Waals surface area contributed by atoms with E-state index in [0.29, 0.717) is 24.0 Å². The Morgan fingerprint density at radius 1 is 1.08 bits per heavy atom. The molecule has 142 valence electrons. The van der Waals surface area contributed by atoms with Crippen molar-refractivity contribution in [2.45, 2.75) is 76.9 Å². The van der Waals surface area contributed by atoms with Gasteiger partial charge in [0.2, 0.25) is 0 Å². The maximum Gasteiger partial charge on any atom is 0.307 e. The first-order valence-corrected chi connectivity index (χ1v) is 9.99. The van der Waals surface area contributed by atoms with Crippen molar-refractivity contribution in [3.63, 3.8) is 0 Å². The summed E-state index contributed by atoms with van der Waals surface area (Å²) in [6.07, 6.45) is 18.2. The van der Waals surface area contributed by atoms with E-state index in [-0.39, 0.29) is 6.42 Å². The van der Waals surface area contributed by atoms with Gasteiger partial charge in [-0.05, 0) is 31.6 Å². The highest BCUT2D eigenvalue weighted by atomic mass is 16.5. The van der Waals surface area contributed by atoms with E-state index in [1.807, 2.05) is 12.2 Å². The second-order valence-electron chi connectivity index (χ2n) is 7.30. The van der Waals surface area contributed by atoms with Crippen LogP contribution in [0.5, 0.6) is 0 Å². The molecule has 0 aromatic carbocycles. The smallest absolute Gasteiger partial charge is 0.307 e. The molecule has 0 unspecified atom stereocenters. The van der Waals surface area contributed by atoms with Crippen molar-refractivity contribution in [1.29, 1.82) is 0 Å². The highest BCUT2D eigenvalue weighted by molar-refractivity contribution is 5.68. The fraction of sp³-hybridized carbons (Fsp3) is 0.762. The summed E-state index contributed by atoms with van der Waals surface area (Å²) < 4.78 is 12.1. The Labute approximate surface area is 152 Å². The largest absolute Gasteiger partial charge is 0.481 e. The molecule has 4 nitrogen and oxygen atoms in total. The van der Waals surface area contributed by atoms with E-state index in [1.165, 1.54) is 44.9 Å². The summed E-state index contributed by atoms with van der Waals surface area (Å²) in [5.74, 6) is 0.267. The van der Waals surface area contributed by atoms with E-state index in [1.54, 1.807) is 6.08 Å². The molecule has 2 heterocycles. The first-order valence-electron chi connectivity index (χ1n) is 9.99. The van der Waals surface area contributed by atoms with Crippen LogP contribution in [0.25, 0.3) is 0 Å². The van der Waals surface area contributed by atoms with E-state index in [0.717, 1.165) is 19.6 Å². The maximum atomic E-state index is 10.5. The Morgan fingerprint density at radius 2 is 1.80 bits per heavy atom. The predicted octanol–water partition coefficient (Wildman–Crippen LogP) is 4.74. The van der Waals surface area contributed by atoms with Gasteiger partial charge in [-0.25, -0.2) is 0 Å². The number of carboxylic acid groups (broad SMARTS) is 1. The SMILES string of the molecule is CCCCCCCOC[C@@H]1[C@H](CC=CC=CCC(=O)O)[C@@H]2CC[C@H]1O2. The number of unbranched alkanes of at least 4 members (excludes halogenated alkanes) is 4. The van der Waals surface area contributed by atoms with Crippen molar-refractivity contribution in [1.82, 2.24) is 0 Å². The van der Waals surface area contributed by atoms with E-state index in [4.69, 9.17) is 14.6 Å². The first kappa shape index (κ1) is 20.2. The zero-order chi connectivity index (χ0) is 17.9. The van der Waals surface area contributed by atoms with Gasteiger partial charge in [-0.1, -0.05) is 56.9 Å². The predicted molar refractivity (Wildman–Crippen MR) is 99.6 cm³/mol. The molecule has 0 saturated carbocycles. The van der Waals surface area contributed by atoms with Crippen molar-refractivity contribution >= 4 is 5.97 Å². The van der Waals surface area contributed by atoms with Gasteiger partial charge in [0.05, 0.1) is 25.2 Å². The average Bonchev–Trinajstić information content (AvgIpc) is 3.19. The molecule has 2 aliphatic heterocycles. The van der Waals surface area contributed by atoms with Crippen molar-refractivity contribution in [3.05, 3.63) is 24.3 Å². The molecule has 0 aliphatic carbocycles. The summed E-state index contributed by atoms with van der Waals surface area (Å²) in [5, 5.41) is 8.61. The number of hydrogen-bond donors (Lipinski definition) is 1. The van der Waals surface area contributed by atoms with E-state index < -0.39 is 5.97 Å². The molecule has 4 heteroatoms. The first-order chi connectivity index (χ1) is 12.2. The maximum absolute atomic E-state index is 10.5. The van der Waals surface area contributed by atoms with Gasteiger partial charge in [-0.2, -0.15) is 0 Å². The number of fused-ring (bicyclic) bond motifs is 2. The average molecular weight is 350 g/mol. The lowest BCUT2D eigenvalue weighted by atomic mass is 9.78. The number of rotatable bonds is 13. The molecule has 0 radical (unpaired) electrons. The van der Waals surface area contributed by atoms with E-state index in [2.05, 4.69) is 13.0 Å². The summed E-state index contributed by atoms with van der Waals surface area (Å²) in [4.78, 5) is 10.5. The van der Waals surface area contributed by atoms with Crippen molar-refractivity contribution in [2.24, 2.45) is 11.8 Å². The number of carbonyl (C=O) groups is 1. The van der Waals surface area contributed by atoms with Crippen LogP contribution in [0, 0.1) is 11.8 Å². The molecular formula is C21H34O4. The van der Waals surface area contributed by atoms with Gasteiger partial charge in [-0.15, -0.1) is 0 Å². The molecular weight excluding hydrogens is 316 g/mol. The Balaban J connectivity index is 1.67. The molecule has 2 bridgehead atoms. The van der Waals surface area contributed by atoms with Crippen LogP contribution in [0.2, 0.25) is 0 Å². The van der Waals surface area contributed by atoms with Crippen molar-refractivity contribution in [2.75, 3.05) is 13.2 Å². The minimum Gasteiger partial charge on any atom is -0.481 e. The standard InChI is InChI=1S/C21H34O4/c1-2-3-4-7-10-15-24-16-18-17(19-13-14-20(18)25-19)11-8-5-6-9-12-21(22)23/h5-6,8-9,17-20H,2-4,7,10-16H2,1H3,(H,22,23)/t17-,18+,19-,20+/m0/s1. The number of allylic oxidation sites excluding steroid dienone is 3. The molecule has 25 heavy (non-hydrogen) atoms. The molecule has 2 saturated heterocycles. The van der Waals surface area contributed by atoms with Gasteiger partial charge < -0.3 is 14.6 Å². The van der Waals surface area contributed by atoms with Gasteiger partial charge in [0.1, 0.15) is 0 Å². The number of hydrogen-bond acceptors (Lipinski definition) is 3. The quantitative estimate of drug-likeness (QED) is 0.385. The number of carboxylic acids is 1. The van der Waals surface area contributed by atoms with Gasteiger partial charge in [0.25, 0.3) is 0 Å². The van der Waals surface area contributed by atoms with E-state index in [9.17, 15) is 4.79 Å². The molecule has 2 rings (SSSR count). The molecule has 4 atom stereocenters. The third kappa shape index (κ3) is 6.95. The lowest BCUT2D eigenvalue weighted by Gasteiger charge is -2.27. The third-order valence-corrected chi connectivity index (χ3v) is 5.38. The van der Waals surface area contributed by atoms with Crippen LogP contribution in [0.1, 0.15) is 64.7 Å². The fourth-order valence-electron chi connectivity index (χ4n) is 4.02. The van der Waals surface area contributed by atoms with E-state index >= 15 is 0 Å². The van der Waals surface area contributed by atoms with Gasteiger partial charge in [-0.3, -0.25) is 4.79 Å². The highest BCUT2D eigenvalue weighted by Gasteiger charge is 2.48. The second-order valence-corrected chi connectivity index (χ2v) is 7.30. The number of ether oxygens (including phenoxy) is 2. The van der Waals surface area contributed by atoms with Gasteiger partial charge >= 0.3 is 5.97 Å². The number of aliphatic carboxylic acids is 1. The van der Waals surface area contributed by atoms with Crippen LogP contribution in [0.4, 0.5) is 0 Å². The fourth-order valence-corrected chi connectivity index (χ4v) is 4.02. The monoisotopic (exact) mass is 350 g/mol. The zero-order valence-electron chi connectivity index (χ0n) is 15.6. The summed E-state index contributed by atoms with van der Waals surface area (Å²) in [5.41, 5.74) is 0. The Kier molecular flexibility index (Phi) is 9.27. The summed E-state index contributed by atoms with van der Waals surface area (Å²) in [6, 6.07) is 0. The third-order valence-electron chi connectivity index (χ3n) is 5.38. The van der Waals surface area contributed by atoms with Crippen LogP contribution in [-0.4, -0.2) is 36.5 Å². The minimum atomic E-state index is -0.793. The molecule has 0 spiro atoms. The Hall–Kier alpha value is -1.13. The van der Waals surface area contributed by atoms with Crippen LogP contribution >= 0.6 is 0 Å². The molecule has 2 aliphatic rings. The topological polar surface area (TPSA) is 55.8 Å². The normalized spacial score (nSPS) is 28.5. The lowest BCUT2D eigenvalue weighted by Crippen LogP contribution is -2.30. The Morgan fingerprint density at radius 3 is 2.56 bits per heavy atom.